The van der Waals surface area contributed by atoms with E-state index in [-0.39, 0.29) is 18.6 Å². The van der Waals surface area contributed by atoms with Gasteiger partial charge in [-0.3, -0.25) is 4.79 Å². The Hall–Kier alpha value is -2.34. The highest BCUT2D eigenvalue weighted by Crippen LogP contribution is 2.17. The summed E-state index contributed by atoms with van der Waals surface area (Å²) in [5.74, 6) is -0.0670. The number of methoxy groups -OCH3 is 1. The van der Waals surface area contributed by atoms with Gasteiger partial charge in [0.15, 0.2) is 6.61 Å². The van der Waals surface area contributed by atoms with Crippen LogP contribution in [0.1, 0.15) is 28.2 Å². The molecular weight excluding hydrogens is 302 g/mol. The Labute approximate surface area is 132 Å². The second-order valence-electron chi connectivity index (χ2n) is 4.62. The zero-order valence-corrected chi connectivity index (χ0v) is 13.2. The van der Waals surface area contributed by atoms with Gasteiger partial charge in [0.2, 0.25) is 0 Å². The molecule has 1 heterocycles. The van der Waals surface area contributed by atoms with Crippen LogP contribution in [0.4, 0.5) is 0 Å². The van der Waals surface area contributed by atoms with E-state index in [0.717, 1.165) is 11.3 Å². The maximum atomic E-state index is 11.8. The average molecular weight is 319 g/mol. The van der Waals surface area contributed by atoms with Crippen LogP contribution in [0.25, 0.3) is 0 Å². The number of rotatable bonds is 6. The van der Waals surface area contributed by atoms with Gasteiger partial charge in [-0.25, -0.2) is 4.79 Å². The Kier molecular flexibility index (Phi) is 5.55. The number of nitrogens with one attached hydrogen (secondary N) is 1. The maximum Gasteiger partial charge on any atom is 0.348 e. The number of carbonyl (C=O) groups excluding carboxylic acids is 2. The van der Waals surface area contributed by atoms with Crippen LogP contribution < -0.4 is 10.1 Å². The molecule has 6 heteroatoms. The van der Waals surface area contributed by atoms with Crippen LogP contribution in [-0.4, -0.2) is 25.6 Å². The Morgan fingerprint density at radius 3 is 2.55 bits per heavy atom. The van der Waals surface area contributed by atoms with Crippen molar-refractivity contribution < 1.29 is 19.1 Å². The highest BCUT2D eigenvalue weighted by Gasteiger charge is 2.13. The number of hydrogen-bond acceptors (Lipinski definition) is 5. The van der Waals surface area contributed by atoms with E-state index in [0.29, 0.717) is 4.88 Å². The first-order valence-electron chi connectivity index (χ1n) is 6.74. The number of esters is 1. The first-order valence-corrected chi connectivity index (χ1v) is 7.62. The lowest BCUT2D eigenvalue weighted by Crippen LogP contribution is -2.31. The van der Waals surface area contributed by atoms with Crippen LogP contribution in [0.15, 0.2) is 41.8 Å². The molecule has 0 spiro atoms. The Bertz CT molecular complexity index is 622. The highest BCUT2D eigenvalue weighted by molar-refractivity contribution is 7.11. The number of carbonyl (C=O) groups is 2. The van der Waals surface area contributed by atoms with E-state index in [1.165, 1.54) is 11.3 Å². The lowest BCUT2D eigenvalue weighted by atomic mass is 10.1. The maximum absolute atomic E-state index is 11.8. The molecule has 0 unspecified atom stereocenters. The van der Waals surface area contributed by atoms with Gasteiger partial charge in [0.25, 0.3) is 5.91 Å². The standard InChI is InChI=1S/C16H17NO4S/c1-11(12-5-7-13(20-2)8-6-12)17-15(18)10-21-16(19)14-4-3-9-22-14/h3-9,11H,10H2,1-2H3,(H,17,18)/t11-/m1/s1. The topological polar surface area (TPSA) is 64.6 Å². The van der Waals surface area contributed by atoms with Crippen molar-refractivity contribution in [2.75, 3.05) is 13.7 Å². The van der Waals surface area contributed by atoms with Crippen molar-refractivity contribution in [1.29, 1.82) is 0 Å². The second kappa shape index (κ2) is 7.61. The molecule has 1 aromatic heterocycles. The summed E-state index contributed by atoms with van der Waals surface area (Å²) in [5, 5.41) is 4.56. The van der Waals surface area contributed by atoms with Gasteiger partial charge in [-0.15, -0.1) is 11.3 Å². The summed E-state index contributed by atoms with van der Waals surface area (Å²) in [6.07, 6.45) is 0. The molecule has 5 nitrogen and oxygen atoms in total. The smallest absolute Gasteiger partial charge is 0.348 e. The van der Waals surface area contributed by atoms with E-state index >= 15 is 0 Å². The normalized spacial score (nSPS) is 11.5. The van der Waals surface area contributed by atoms with Crippen molar-refractivity contribution in [1.82, 2.24) is 5.32 Å². The Morgan fingerprint density at radius 2 is 1.95 bits per heavy atom. The van der Waals surface area contributed by atoms with E-state index in [1.807, 2.05) is 31.2 Å². The fourth-order valence-electron chi connectivity index (χ4n) is 1.86. The molecule has 0 aliphatic rings. The van der Waals surface area contributed by atoms with Gasteiger partial charge in [-0.05, 0) is 36.1 Å². The molecule has 0 bridgehead atoms. The molecule has 0 saturated carbocycles. The van der Waals surface area contributed by atoms with Crippen LogP contribution in [0, 0.1) is 0 Å². The van der Waals surface area contributed by atoms with Crippen molar-refractivity contribution in [3.63, 3.8) is 0 Å². The molecular formula is C16H17NO4S. The Balaban J connectivity index is 1.81. The molecule has 0 radical (unpaired) electrons. The third-order valence-electron chi connectivity index (χ3n) is 3.05. The van der Waals surface area contributed by atoms with E-state index in [9.17, 15) is 9.59 Å². The molecule has 2 rings (SSSR count). The van der Waals surface area contributed by atoms with Gasteiger partial charge < -0.3 is 14.8 Å². The molecule has 1 N–H and O–H groups in total. The zero-order valence-electron chi connectivity index (χ0n) is 12.4. The number of hydrogen-bond donors (Lipinski definition) is 1. The monoisotopic (exact) mass is 319 g/mol. The molecule has 116 valence electrons. The summed E-state index contributed by atoms with van der Waals surface area (Å²) in [4.78, 5) is 23.9. The summed E-state index contributed by atoms with van der Waals surface area (Å²) in [7, 11) is 1.60. The van der Waals surface area contributed by atoms with Crippen LogP contribution in [-0.2, 0) is 9.53 Å². The van der Waals surface area contributed by atoms with Gasteiger partial charge in [-0.1, -0.05) is 18.2 Å². The second-order valence-corrected chi connectivity index (χ2v) is 5.56. The number of amides is 1. The van der Waals surface area contributed by atoms with Crippen LogP contribution in [0.2, 0.25) is 0 Å². The summed E-state index contributed by atoms with van der Waals surface area (Å²) >= 11 is 1.28. The van der Waals surface area contributed by atoms with Crippen LogP contribution >= 0.6 is 11.3 Å². The van der Waals surface area contributed by atoms with E-state index in [2.05, 4.69) is 5.32 Å². The minimum absolute atomic E-state index is 0.182. The van der Waals surface area contributed by atoms with E-state index in [1.54, 1.807) is 24.6 Å². The predicted octanol–water partition coefficient (Wildman–Crippen LogP) is 2.79. The fraction of sp³-hybridized carbons (Fsp3) is 0.250. The SMILES string of the molecule is COc1ccc([C@@H](C)NC(=O)COC(=O)c2cccs2)cc1. The summed E-state index contributed by atoms with van der Waals surface area (Å²) in [5.41, 5.74) is 0.943. The van der Waals surface area contributed by atoms with Gasteiger partial charge in [0.1, 0.15) is 10.6 Å². The molecule has 0 fully saturated rings. The highest BCUT2D eigenvalue weighted by atomic mass is 32.1. The third-order valence-corrected chi connectivity index (χ3v) is 3.90. The summed E-state index contributed by atoms with van der Waals surface area (Å²) in [6.45, 7) is 1.57. The lowest BCUT2D eigenvalue weighted by Gasteiger charge is -2.14. The van der Waals surface area contributed by atoms with Crippen molar-refractivity contribution in [3.05, 3.63) is 52.2 Å². The molecule has 0 saturated heterocycles. The minimum Gasteiger partial charge on any atom is -0.497 e. The number of ether oxygens (including phenoxy) is 2. The molecule has 0 aliphatic heterocycles. The lowest BCUT2D eigenvalue weighted by molar-refractivity contribution is -0.124. The molecule has 22 heavy (non-hydrogen) atoms. The predicted molar refractivity (Wildman–Crippen MR) is 84.2 cm³/mol. The molecule has 1 atom stereocenters. The molecule has 2 aromatic rings. The fourth-order valence-corrected chi connectivity index (χ4v) is 2.47. The van der Waals surface area contributed by atoms with Crippen molar-refractivity contribution >= 4 is 23.2 Å². The van der Waals surface area contributed by atoms with Gasteiger partial charge in [0.05, 0.1) is 13.2 Å². The van der Waals surface area contributed by atoms with E-state index < -0.39 is 5.97 Å². The van der Waals surface area contributed by atoms with Crippen molar-refractivity contribution in [2.45, 2.75) is 13.0 Å². The minimum atomic E-state index is -0.484. The molecule has 1 amide bonds. The summed E-state index contributed by atoms with van der Waals surface area (Å²) < 4.78 is 10.0. The van der Waals surface area contributed by atoms with Gasteiger partial charge in [0, 0.05) is 0 Å². The Morgan fingerprint density at radius 1 is 1.23 bits per heavy atom. The molecule has 0 aliphatic carbocycles. The van der Waals surface area contributed by atoms with Crippen molar-refractivity contribution in [3.8, 4) is 5.75 Å². The molecule has 1 aromatic carbocycles. The first-order chi connectivity index (χ1) is 10.6. The zero-order chi connectivity index (χ0) is 15.9. The summed E-state index contributed by atoms with van der Waals surface area (Å²) in [6, 6.07) is 10.6. The largest absolute Gasteiger partial charge is 0.497 e. The van der Waals surface area contributed by atoms with E-state index in [4.69, 9.17) is 9.47 Å². The van der Waals surface area contributed by atoms with Gasteiger partial charge >= 0.3 is 5.97 Å². The average Bonchev–Trinajstić information content (AvgIpc) is 3.07. The first kappa shape index (κ1) is 16.0. The third kappa shape index (κ3) is 4.33. The van der Waals surface area contributed by atoms with Gasteiger partial charge in [-0.2, -0.15) is 0 Å². The van der Waals surface area contributed by atoms with Crippen LogP contribution in [0.3, 0.4) is 0 Å². The quantitative estimate of drug-likeness (QED) is 0.832. The van der Waals surface area contributed by atoms with Crippen LogP contribution in [0.5, 0.6) is 5.75 Å². The van der Waals surface area contributed by atoms with Crippen molar-refractivity contribution in [2.24, 2.45) is 0 Å². The number of benzene rings is 1. The number of thiophene rings is 1.